The number of ketones is 1. The van der Waals surface area contributed by atoms with Crippen molar-refractivity contribution in [2.45, 2.75) is 33.7 Å². The molecule has 0 saturated carbocycles. The van der Waals surface area contributed by atoms with E-state index >= 15 is 0 Å². The first-order valence-electron chi connectivity index (χ1n) is 10.7. The molecule has 1 aliphatic rings. The van der Waals surface area contributed by atoms with Crippen LogP contribution in [0.3, 0.4) is 0 Å². The first kappa shape index (κ1) is 22.3. The average molecular weight is 443 g/mol. The predicted molar refractivity (Wildman–Crippen MR) is 127 cm³/mol. The maximum atomic E-state index is 13.3. The van der Waals surface area contributed by atoms with Crippen LogP contribution in [0.25, 0.3) is 5.76 Å². The molecular weight excluding hydrogens is 416 g/mol. The van der Waals surface area contributed by atoms with Gasteiger partial charge in [0, 0.05) is 18.1 Å². The zero-order valence-electron chi connectivity index (χ0n) is 19.3. The van der Waals surface area contributed by atoms with E-state index in [-0.39, 0.29) is 11.3 Å². The van der Waals surface area contributed by atoms with Crippen LogP contribution in [0.4, 0.5) is 5.69 Å². The molecule has 6 nitrogen and oxygen atoms in total. The number of methoxy groups -OCH3 is 1. The van der Waals surface area contributed by atoms with Crippen LogP contribution >= 0.6 is 0 Å². The molecule has 0 radical (unpaired) electrons. The number of ether oxygens (including phenoxy) is 1. The third-order valence-corrected chi connectivity index (χ3v) is 6.11. The smallest absolute Gasteiger partial charge is 0.300 e. The lowest BCUT2D eigenvalue weighted by Gasteiger charge is -2.26. The highest BCUT2D eigenvalue weighted by atomic mass is 16.5. The number of amides is 1. The van der Waals surface area contributed by atoms with Crippen molar-refractivity contribution in [1.29, 1.82) is 0 Å². The summed E-state index contributed by atoms with van der Waals surface area (Å²) < 4.78 is 5.54. The van der Waals surface area contributed by atoms with Crippen molar-refractivity contribution in [2.24, 2.45) is 0 Å². The molecule has 1 unspecified atom stereocenters. The number of pyridine rings is 1. The lowest BCUT2D eigenvalue weighted by Crippen LogP contribution is -2.29. The molecule has 2 aromatic carbocycles. The van der Waals surface area contributed by atoms with Gasteiger partial charge in [-0.2, -0.15) is 0 Å². The van der Waals surface area contributed by atoms with Crippen molar-refractivity contribution < 1.29 is 19.4 Å². The van der Waals surface area contributed by atoms with E-state index in [4.69, 9.17) is 4.74 Å². The number of carbonyl (C=O) groups is 2. The second kappa shape index (κ2) is 8.54. The Kier molecular flexibility index (Phi) is 5.77. The zero-order valence-corrected chi connectivity index (χ0v) is 19.3. The summed E-state index contributed by atoms with van der Waals surface area (Å²) >= 11 is 0. The van der Waals surface area contributed by atoms with Gasteiger partial charge in [-0.15, -0.1) is 0 Å². The molecule has 1 aliphatic heterocycles. The summed E-state index contributed by atoms with van der Waals surface area (Å²) in [7, 11) is 1.52. The molecule has 168 valence electrons. The van der Waals surface area contributed by atoms with E-state index in [0.717, 1.165) is 22.3 Å². The second-order valence-corrected chi connectivity index (χ2v) is 8.38. The van der Waals surface area contributed by atoms with Gasteiger partial charge in [0.2, 0.25) is 0 Å². The lowest BCUT2D eigenvalue weighted by molar-refractivity contribution is -0.132. The summed E-state index contributed by atoms with van der Waals surface area (Å²) in [4.78, 5) is 32.2. The summed E-state index contributed by atoms with van der Waals surface area (Å²) in [5.41, 5.74) is 5.47. The van der Waals surface area contributed by atoms with E-state index < -0.39 is 17.7 Å². The third kappa shape index (κ3) is 3.78. The van der Waals surface area contributed by atoms with Gasteiger partial charge in [0.15, 0.2) is 0 Å². The van der Waals surface area contributed by atoms with Crippen molar-refractivity contribution in [2.75, 3.05) is 12.0 Å². The number of Topliss-reactive ketones (excluding diaryl/α,β-unsaturated/α-hetero) is 1. The van der Waals surface area contributed by atoms with E-state index in [2.05, 4.69) is 4.98 Å². The van der Waals surface area contributed by atoms with Gasteiger partial charge in [0.05, 0.1) is 24.3 Å². The standard InChI is InChI=1S/C27H26N2O4/c1-15-12-18(4)26(33-5)21(13-15)24(30)22-23(19-8-10-28-11-9-19)29(27(32)25(22)31)20-7-6-16(2)17(3)14-20/h6-14,23,30H,1-5H3/b24-22+. The molecule has 0 spiro atoms. The topological polar surface area (TPSA) is 79.7 Å². The Morgan fingerprint density at radius 2 is 1.64 bits per heavy atom. The first-order chi connectivity index (χ1) is 15.7. The Morgan fingerprint density at radius 1 is 0.939 bits per heavy atom. The molecule has 1 fully saturated rings. The highest BCUT2D eigenvalue weighted by Gasteiger charge is 2.47. The fraction of sp³-hybridized carbons (Fsp3) is 0.222. The van der Waals surface area contributed by atoms with Gasteiger partial charge < -0.3 is 9.84 Å². The van der Waals surface area contributed by atoms with Crippen LogP contribution in [-0.4, -0.2) is 28.9 Å². The molecule has 1 aromatic heterocycles. The second-order valence-electron chi connectivity index (χ2n) is 8.38. The first-order valence-corrected chi connectivity index (χ1v) is 10.7. The van der Waals surface area contributed by atoms with Gasteiger partial charge in [-0.1, -0.05) is 12.1 Å². The Hall–Kier alpha value is -3.93. The summed E-state index contributed by atoms with van der Waals surface area (Å²) in [5, 5.41) is 11.4. The minimum Gasteiger partial charge on any atom is -0.507 e. The Bertz CT molecular complexity index is 1290. The monoisotopic (exact) mass is 442 g/mol. The van der Waals surface area contributed by atoms with Crippen LogP contribution in [0.15, 0.2) is 60.4 Å². The van der Waals surface area contributed by atoms with Crippen LogP contribution in [0.1, 0.15) is 39.4 Å². The number of aryl methyl sites for hydroxylation is 4. The maximum Gasteiger partial charge on any atom is 0.300 e. The molecule has 1 atom stereocenters. The largest absolute Gasteiger partial charge is 0.507 e. The number of rotatable bonds is 4. The van der Waals surface area contributed by atoms with E-state index in [0.29, 0.717) is 22.6 Å². The summed E-state index contributed by atoms with van der Waals surface area (Å²) in [6, 6.07) is 12.0. The number of benzene rings is 2. The average Bonchev–Trinajstić information content (AvgIpc) is 3.06. The normalized spacial score (nSPS) is 17.5. The number of carbonyl (C=O) groups excluding carboxylic acids is 2. The van der Waals surface area contributed by atoms with Crippen LogP contribution in [0, 0.1) is 27.7 Å². The quantitative estimate of drug-likeness (QED) is 0.351. The van der Waals surface area contributed by atoms with Crippen molar-refractivity contribution in [1.82, 2.24) is 4.98 Å². The van der Waals surface area contributed by atoms with Crippen molar-refractivity contribution >= 4 is 23.1 Å². The van der Waals surface area contributed by atoms with Gasteiger partial charge in [-0.3, -0.25) is 19.5 Å². The summed E-state index contributed by atoms with van der Waals surface area (Å²) in [6.07, 6.45) is 3.21. The molecule has 6 heteroatoms. The summed E-state index contributed by atoms with van der Waals surface area (Å²) in [6.45, 7) is 7.71. The minimum atomic E-state index is -0.805. The van der Waals surface area contributed by atoms with E-state index in [1.54, 1.807) is 30.6 Å². The third-order valence-electron chi connectivity index (χ3n) is 6.11. The van der Waals surface area contributed by atoms with Crippen LogP contribution in [0.2, 0.25) is 0 Å². The fourth-order valence-corrected chi connectivity index (χ4v) is 4.38. The molecule has 4 rings (SSSR count). The van der Waals surface area contributed by atoms with Crippen LogP contribution < -0.4 is 9.64 Å². The number of aliphatic hydroxyl groups excluding tert-OH is 1. The Balaban J connectivity index is 2.00. The molecule has 2 heterocycles. The maximum absolute atomic E-state index is 13.3. The number of hydrogen-bond acceptors (Lipinski definition) is 5. The molecule has 3 aromatic rings. The van der Waals surface area contributed by atoms with Gasteiger partial charge in [0.1, 0.15) is 11.5 Å². The number of aliphatic hydroxyl groups is 1. The molecule has 33 heavy (non-hydrogen) atoms. The number of hydrogen-bond donors (Lipinski definition) is 1. The van der Waals surface area contributed by atoms with Gasteiger partial charge in [0.25, 0.3) is 11.7 Å². The number of aromatic nitrogens is 1. The highest BCUT2D eigenvalue weighted by Crippen LogP contribution is 2.44. The van der Waals surface area contributed by atoms with Gasteiger partial charge in [-0.05, 0) is 85.8 Å². The van der Waals surface area contributed by atoms with Gasteiger partial charge in [-0.25, -0.2) is 0 Å². The Labute approximate surface area is 193 Å². The SMILES string of the molecule is COc1c(C)cc(C)cc1/C(O)=C1\C(=O)C(=O)N(c2ccc(C)c(C)c2)C1c1ccncc1. The molecule has 1 N–H and O–H groups in total. The van der Waals surface area contributed by atoms with E-state index in [1.807, 2.05) is 52.0 Å². The highest BCUT2D eigenvalue weighted by molar-refractivity contribution is 6.51. The van der Waals surface area contributed by atoms with Crippen LogP contribution in [-0.2, 0) is 9.59 Å². The molecule has 0 aliphatic carbocycles. The van der Waals surface area contributed by atoms with Crippen molar-refractivity contribution in [3.8, 4) is 5.75 Å². The number of nitrogens with zero attached hydrogens (tertiary/aromatic N) is 2. The van der Waals surface area contributed by atoms with Gasteiger partial charge >= 0.3 is 0 Å². The minimum absolute atomic E-state index is 0.0210. The molecule has 1 saturated heterocycles. The van der Waals surface area contributed by atoms with E-state index in [9.17, 15) is 14.7 Å². The molecule has 0 bridgehead atoms. The Morgan fingerprint density at radius 3 is 2.27 bits per heavy atom. The number of anilines is 1. The predicted octanol–water partition coefficient (Wildman–Crippen LogP) is 4.95. The molecular formula is C27H26N2O4. The summed E-state index contributed by atoms with van der Waals surface area (Å²) in [5.74, 6) is -1.23. The van der Waals surface area contributed by atoms with E-state index in [1.165, 1.54) is 12.0 Å². The van der Waals surface area contributed by atoms with Crippen molar-refractivity contribution in [3.63, 3.8) is 0 Å². The molecule has 1 amide bonds. The van der Waals surface area contributed by atoms with Crippen LogP contribution in [0.5, 0.6) is 5.75 Å². The van der Waals surface area contributed by atoms with Crippen molar-refractivity contribution in [3.05, 3.63) is 93.8 Å². The lowest BCUT2D eigenvalue weighted by atomic mass is 9.94. The zero-order chi connectivity index (χ0) is 23.9. The fourth-order valence-electron chi connectivity index (χ4n) is 4.38.